The van der Waals surface area contributed by atoms with Crippen molar-refractivity contribution in [1.29, 1.82) is 0 Å². The maximum atomic E-state index is 8.74. The Bertz CT molecular complexity index is 369. The van der Waals surface area contributed by atoms with Crippen LogP contribution in [-0.4, -0.2) is 25.5 Å². The molecule has 0 aliphatic carbocycles. The zero-order valence-corrected chi connectivity index (χ0v) is 5.65. The topological polar surface area (TPSA) is 74.7 Å². The van der Waals surface area contributed by atoms with Crippen molar-refractivity contribution >= 4 is 11.2 Å². The van der Waals surface area contributed by atoms with E-state index < -0.39 is 0 Å². The van der Waals surface area contributed by atoms with Crippen LogP contribution in [0.4, 0.5) is 0 Å². The fourth-order valence-corrected chi connectivity index (χ4v) is 0.869. The van der Waals surface area contributed by atoms with Gasteiger partial charge in [-0.05, 0) is 11.6 Å². The number of nitrogens with zero attached hydrogens (tertiary/aromatic N) is 3. The van der Waals surface area contributed by atoms with Gasteiger partial charge in [0, 0.05) is 6.20 Å². The van der Waals surface area contributed by atoms with Crippen molar-refractivity contribution in [3.05, 3.63) is 17.8 Å². The van der Waals surface area contributed by atoms with Gasteiger partial charge < -0.3 is 5.11 Å². The molecule has 5 nitrogen and oxygen atoms in total. The first-order chi connectivity index (χ1) is 5.40. The van der Waals surface area contributed by atoms with Gasteiger partial charge in [-0.1, -0.05) is 0 Å². The van der Waals surface area contributed by atoms with E-state index in [4.69, 9.17) is 5.11 Å². The van der Waals surface area contributed by atoms with Crippen LogP contribution in [0.15, 0.2) is 12.3 Å². The van der Waals surface area contributed by atoms with Crippen LogP contribution in [0, 0.1) is 0 Å². The summed E-state index contributed by atoms with van der Waals surface area (Å²) in [6.07, 6.45) is 1.57. The number of aromatic amines is 1. The van der Waals surface area contributed by atoms with Crippen molar-refractivity contribution in [2.45, 2.75) is 6.61 Å². The van der Waals surface area contributed by atoms with Gasteiger partial charge in [0.1, 0.15) is 5.52 Å². The first-order valence-corrected chi connectivity index (χ1v) is 3.16. The molecule has 0 bridgehead atoms. The van der Waals surface area contributed by atoms with Gasteiger partial charge in [-0.2, -0.15) is 10.3 Å². The van der Waals surface area contributed by atoms with Crippen LogP contribution in [0.25, 0.3) is 11.2 Å². The summed E-state index contributed by atoms with van der Waals surface area (Å²) in [5.41, 5.74) is 1.99. The molecule has 0 unspecified atom stereocenters. The Labute approximate surface area is 62.1 Å². The van der Waals surface area contributed by atoms with Crippen LogP contribution in [0.2, 0.25) is 0 Å². The molecule has 0 radical (unpaired) electrons. The largest absolute Gasteiger partial charge is 0.392 e. The predicted octanol–water partition coefficient (Wildman–Crippen LogP) is -0.155. The summed E-state index contributed by atoms with van der Waals surface area (Å²) in [6, 6.07) is 1.74. The minimum absolute atomic E-state index is 0.0181. The van der Waals surface area contributed by atoms with Crippen LogP contribution in [0.5, 0.6) is 0 Å². The summed E-state index contributed by atoms with van der Waals surface area (Å²) in [6.45, 7) is -0.0181. The Morgan fingerprint density at radius 1 is 1.45 bits per heavy atom. The fourth-order valence-electron chi connectivity index (χ4n) is 0.869. The van der Waals surface area contributed by atoms with E-state index in [0.29, 0.717) is 11.2 Å². The van der Waals surface area contributed by atoms with Crippen LogP contribution >= 0.6 is 0 Å². The van der Waals surface area contributed by atoms with Gasteiger partial charge in [0.05, 0.1) is 6.61 Å². The fraction of sp³-hybridized carbons (Fsp3) is 0.167. The molecule has 2 heterocycles. The van der Waals surface area contributed by atoms with Gasteiger partial charge in [0.2, 0.25) is 5.65 Å². The number of H-pyrrole nitrogens is 1. The second-order valence-corrected chi connectivity index (χ2v) is 2.17. The Morgan fingerprint density at radius 3 is 3.18 bits per heavy atom. The Balaban J connectivity index is 2.67. The van der Waals surface area contributed by atoms with Gasteiger partial charge in [-0.25, -0.2) is 4.98 Å². The summed E-state index contributed by atoms with van der Waals surface area (Å²) < 4.78 is 0. The van der Waals surface area contributed by atoms with Crippen LogP contribution in [0.3, 0.4) is 0 Å². The third-order valence-corrected chi connectivity index (χ3v) is 1.41. The molecule has 0 aromatic carbocycles. The molecule has 0 fully saturated rings. The monoisotopic (exact) mass is 150 g/mol. The molecule has 0 amide bonds. The van der Waals surface area contributed by atoms with Crippen molar-refractivity contribution < 1.29 is 5.11 Å². The third-order valence-electron chi connectivity index (χ3n) is 1.41. The zero-order chi connectivity index (χ0) is 7.68. The lowest BCUT2D eigenvalue weighted by Crippen LogP contribution is -1.85. The number of aliphatic hydroxyl groups excluding tert-OH is 1. The van der Waals surface area contributed by atoms with E-state index in [2.05, 4.69) is 20.4 Å². The summed E-state index contributed by atoms with van der Waals surface area (Å²) in [4.78, 5) is 3.95. The van der Waals surface area contributed by atoms with Crippen LogP contribution in [0.1, 0.15) is 5.56 Å². The molecule has 2 N–H and O–H groups in total. The Morgan fingerprint density at radius 2 is 2.36 bits per heavy atom. The summed E-state index contributed by atoms with van der Waals surface area (Å²) >= 11 is 0. The molecule has 0 aliphatic rings. The lowest BCUT2D eigenvalue weighted by atomic mass is 10.3. The minimum atomic E-state index is -0.0181. The van der Waals surface area contributed by atoms with Gasteiger partial charge in [-0.15, -0.1) is 5.10 Å². The van der Waals surface area contributed by atoms with Gasteiger partial charge in [-0.3, -0.25) is 0 Å². The SMILES string of the molecule is OCc1cnc2n[nH]nc2c1. The highest BCUT2D eigenvalue weighted by Gasteiger charge is 1.98. The van der Waals surface area contributed by atoms with E-state index in [1.54, 1.807) is 12.3 Å². The molecule has 2 aromatic heterocycles. The average Bonchev–Trinajstić information content (AvgIpc) is 2.50. The van der Waals surface area contributed by atoms with Crippen molar-refractivity contribution in [2.75, 3.05) is 0 Å². The lowest BCUT2D eigenvalue weighted by Gasteiger charge is -1.90. The standard InChI is InChI=1S/C6H6N4O/c11-3-4-1-5-6(7-2-4)9-10-8-5/h1-2,11H,3H2,(H,7,8,9,10). The number of aromatic nitrogens is 4. The molecule has 5 heteroatoms. The van der Waals surface area contributed by atoms with Crippen molar-refractivity contribution in [2.24, 2.45) is 0 Å². The second kappa shape index (κ2) is 2.28. The second-order valence-electron chi connectivity index (χ2n) is 2.17. The van der Waals surface area contributed by atoms with Crippen molar-refractivity contribution in [3.63, 3.8) is 0 Å². The zero-order valence-electron chi connectivity index (χ0n) is 5.65. The van der Waals surface area contributed by atoms with Crippen molar-refractivity contribution in [3.8, 4) is 0 Å². The molecule has 11 heavy (non-hydrogen) atoms. The highest BCUT2D eigenvalue weighted by atomic mass is 16.3. The first-order valence-electron chi connectivity index (χ1n) is 3.16. The summed E-state index contributed by atoms with van der Waals surface area (Å²) in [5.74, 6) is 0. The average molecular weight is 150 g/mol. The highest BCUT2D eigenvalue weighted by Crippen LogP contribution is 2.06. The third kappa shape index (κ3) is 0.947. The van der Waals surface area contributed by atoms with Gasteiger partial charge in [0.15, 0.2) is 0 Å². The number of nitrogens with one attached hydrogen (secondary N) is 1. The molecule has 0 saturated carbocycles. The number of hydrogen-bond donors (Lipinski definition) is 2. The first kappa shape index (κ1) is 6.23. The van der Waals surface area contributed by atoms with E-state index in [0.717, 1.165) is 5.56 Å². The summed E-state index contributed by atoms with van der Waals surface area (Å²) in [7, 11) is 0. The quantitative estimate of drug-likeness (QED) is 0.592. The van der Waals surface area contributed by atoms with E-state index in [1.165, 1.54) is 0 Å². The normalized spacial score (nSPS) is 10.6. The number of fused-ring (bicyclic) bond motifs is 1. The number of rotatable bonds is 1. The molecule has 0 spiro atoms. The Kier molecular flexibility index (Phi) is 1.29. The van der Waals surface area contributed by atoms with E-state index in [9.17, 15) is 0 Å². The van der Waals surface area contributed by atoms with E-state index >= 15 is 0 Å². The van der Waals surface area contributed by atoms with Crippen molar-refractivity contribution in [1.82, 2.24) is 20.4 Å². The molecule has 2 aromatic rings. The minimum Gasteiger partial charge on any atom is -0.392 e. The maximum Gasteiger partial charge on any atom is 0.201 e. The number of aliphatic hydroxyl groups is 1. The molecular weight excluding hydrogens is 144 g/mol. The predicted molar refractivity (Wildman–Crippen MR) is 37.6 cm³/mol. The number of pyridine rings is 1. The highest BCUT2D eigenvalue weighted by molar-refractivity contribution is 5.68. The molecule has 0 saturated heterocycles. The molecule has 56 valence electrons. The smallest absolute Gasteiger partial charge is 0.201 e. The molecule has 2 rings (SSSR count). The van der Waals surface area contributed by atoms with Crippen LogP contribution < -0.4 is 0 Å². The molecule has 0 atom stereocenters. The van der Waals surface area contributed by atoms with E-state index in [-0.39, 0.29) is 6.61 Å². The number of hydrogen-bond acceptors (Lipinski definition) is 4. The molecular formula is C6H6N4O. The Hall–Kier alpha value is -1.49. The van der Waals surface area contributed by atoms with Gasteiger partial charge in [0.25, 0.3) is 0 Å². The summed E-state index contributed by atoms with van der Waals surface area (Å²) in [5, 5.41) is 18.8. The van der Waals surface area contributed by atoms with E-state index in [1.807, 2.05) is 0 Å². The van der Waals surface area contributed by atoms with Crippen LogP contribution in [-0.2, 0) is 6.61 Å². The van der Waals surface area contributed by atoms with Gasteiger partial charge >= 0.3 is 0 Å². The lowest BCUT2D eigenvalue weighted by molar-refractivity contribution is 0.281. The molecule has 0 aliphatic heterocycles. The maximum absolute atomic E-state index is 8.74.